The van der Waals surface area contributed by atoms with Crippen LogP contribution < -0.4 is 5.32 Å². The SMILES string of the molecule is Cn1cc(-c2cccc(Nc3cc(-c4cnccn4)ncn3)c2F)nn1. The van der Waals surface area contributed by atoms with Crippen molar-refractivity contribution in [3.63, 3.8) is 0 Å². The molecule has 0 aliphatic rings. The molecule has 0 aliphatic carbocycles. The summed E-state index contributed by atoms with van der Waals surface area (Å²) < 4.78 is 16.4. The molecule has 4 aromatic rings. The summed E-state index contributed by atoms with van der Waals surface area (Å²) >= 11 is 0. The molecule has 4 rings (SSSR count). The van der Waals surface area contributed by atoms with Crippen LogP contribution in [0.3, 0.4) is 0 Å². The molecule has 1 aromatic carbocycles. The number of nitrogens with one attached hydrogen (secondary N) is 1. The number of hydrogen-bond acceptors (Lipinski definition) is 7. The molecule has 0 unspecified atom stereocenters. The standard InChI is InChI=1S/C17H13FN8/c1-26-9-15(24-25-26)11-3-2-4-12(17(11)18)23-16-7-13(21-10-22-16)14-8-19-5-6-20-14/h2-10H,1H3,(H,21,22,23). The molecule has 0 atom stereocenters. The lowest BCUT2D eigenvalue weighted by Gasteiger charge is -2.09. The van der Waals surface area contributed by atoms with Gasteiger partial charge in [0, 0.05) is 31.1 Å². The van der Waals surface area contributed by atoms with Gasteiger partial charge in [0.05, 0.1) is 23.8 Å². The molecule has 1 N–H and O–H groups in total. The third kappa shape index (κ3) is 3.09. The highest BCUT2D eigenvalue weighted by atomic mass is 19.1. The predicted octanol–water partition coefficient (Wildman–Crippen LogP) is 2.61. The fourth-order valence-corrected chi connectivity index (χ4v) is 2.43. The van der Waals surface area contributed by atoms with Crippen molar-refractivity contribution in [2.24, 2.45) is 7.05 Å². The second kappa shape index (κ2) is 6.63. The highest BCUT2D eigenvalue weighted by Crippen LogP contribution is 2.28. The smallest absolute Gasteiger partial charge is 0.156 e. The molecule has 0 saturated carbocycles. The molecule has 128 valence electrons. The summed E-state index contributed by atoms with van der Waals surface area (Å²) in [7, 11) is 1.73. The van der Waals surface area contributed by atoms with Crippen molar-refractivity contribution in [2.45, 2.75) is 0 Å². The monoisotopic (exact) mass is 348 g/mol. The lowest BCUT2D eigenvalue weighted by molar-refractivity contribution is 0.634. The van der Waals surface area contributed by atoms with Gasteiger partial charge in [0.1, 0.15) is 23.5 Å². The first-order valence-electron chi connectivity index (χ1n) is 7.71. The average Bonchev–Trinajstić information content (AvgIpc) is 3.10. The van der Waals surface area contributed by atoms with Crippen LogP contribution in [0.4, 0.5) is 15.9 Å². The Morgan fingerprint density at radius 3 is 2.73 bits per heavy atom. The van der Waals surface area contributed by atoms with Crippen LogP contribution in [0.15, 0.2) is 55.4 Å². The molecule has 0 fully saturated rings. The summed E-state index contributed by atoms with van der Waals surface area (Å²) in [6, 6.07) is 6.69. The average molecular weight is 348 g/mol. The summed E-state index contributed by atoms with van der Waals surface area (Å²) in [6.07, 6.45) is 7.79. The molecule has 9 heteroatoms. The predicted molar refractivity (Wildman–Crippen MR) is 92.7 cm³/mol. The number of nitrogens with zero attached hydrogens (tertiary/aromatic N) is 7. The van der Waals surface area contributed by atoms with Gasteiger partial charge >= 0.3 is 0 Å². The van der Waals surface area contributed by atoms with Crippen LogP contribution in [0.25, 0.3) is 22.6 Å². The van der Waals surface area contributed by atoms with Crippen molar-refractivity contribution in [1.82, 2.24) is 34.9 Å². The van der Waals surface area contributed by atoms with Crippen molar-refractivity contribution in [2.75, 3.05) is 5.32 Å². The Morgan fingerprint density at radius 2 is 1.96 bits per heavy atom. The van der Waals surface area contributed by atoms with Gasteiger partial charge in [-0.2, -0.15) is 0 Å². The normalized spacial score (nSPS) is 10.7. The summed E-state index contributed by atoms with van der Waals surface area (Å²) in [4.78, 5) is 16.5. The van der Waals surface area contributed by atoms with Gasteiger partial charge in [-0.15, -0.1) is 5.10 Å². The Morgan fingerprint density at radius 1 is 1.04 bits per heavy atom. The molecule has 3 aromatic heterocycles. The van der Waals surface area contributed by atoms with Crippen molar-refractivity contribution in [3.8, 4) is 22.6 Å². The van der Waals surface area contributed by atoms with E-state index in [0.717, 1.165) is 0 Å². The molecule has 3 heterocycles. The molecule has 8 nitrogen and oxygen atoms in total. The Hall–Kier alpha value is -3.75. The van der Waals surface area contributed by atoms with E-state index in [-0.39, 0.29) is 5.69 Å². The van der Waals surface area contributed by atoms with Crippen LogP contribution in [-0.2, 0) is 7.05 Å². The Kier molecular flexibility index (Phi) is 4.02. The minimum Gasteiger partial charge on any atom is -0.338 e. The van der Waals surface area contributed by atoms with Gasteiger partial charge in [-0.1, -0.05) is 11.3 Å². The van der Waals surface area contributed by atoms with Crippen LogP contribution in [0.2, 0.25) is 0 Å². The second-order valence-electron chi connectivity index (χ2n) is 5.45. The summed E-state index contributed by atoms with van der Waals surface area (Å²) in [5.74, 6) is 0.00325. The minimum atomic E-state index is -0.437. The number of anilines is 2. The van der Waals surface area contributed by atoms with Crippen LogP contribution >= 0.6 is 0 Å². The zero-order valence-corrected chi connectivity index (χ0v) is 13.7. The van der Waals surface area contributed by atoms with Gasteiger partial charge < -0.3 is 5.32 Å². The second-order valence-corrected chi connectivity index (χ2v) is 5.45. The highest BCUT2D eigenvalue weighted by Gasteiger charge is 2.13. The highest BCUT2D eigenvalue weighted by molar-refractivity contribution is 5.69. The molecule has 0 bridgehead atoms. The topological polar surface area (TPSA) is 94.3 Å². The molecule has 0 aliphatic heterocycles. The first-order valence-corrected chi connectivity index (χ1v) is 7.71. The Balaban J connectivity index is 1.66. The van der Waals surface area contributed by atoms with Crippen LogP contribution in [0, 0.1) is 5.82 Å². The third-order valence-electron chi connectivity index (χ3n) is 3.63. The maximum absolute atomic E-state index is 14.9. The minimum absolute atomic E-state index is 0.275. The van der Waals surface area contributed by atoms with E-state index in [1.165, 1.54) is 11.0 Å². The van der Waals surface area contributed by atoms with E-state index >= 15 is 0 Å². The van der Waals surface area contributed by atoms with Crippen molar-refractivity contribution in [1.29, 1.82) is 0 Å². The number of halogens is 1. The van der Waals surface area contributed by atoms with Crippen LogP contribution in [-0.4, -0.2) is 34.9 Å². The van der Waals surface area contributed by atoms with Crippen LogP contribution in [0.5, 0.6) is 0 Å². The van der Waals surface area contributed by atoms with Crippen molar-refractivity contribution >= 4 is 11.5 Å². The largest absolute Gasteiger partial charge is 0.338 e. The summed E-state index contributed by atoms with van der Waals surface area (Å²) in [6.45, 7) is 0. The van der Waals surface area contributed by atoms with E-state index in [0.29, 0.717) is 28.5 Å². The Labute approximate surface area is 147 Å². The molecule has 0 radical (unpaired) electrons. The maximum atomic E-state index is 14.9. The van der Waals surface area contributed by atoms with Gasteiger partial charge in [0.25, 0.3) is 0 Å². The van der Waals surface area contributed by atoms with E-state index < -0.39 is 5.82 Å². The van der Waals surface area contributed by atoms with Gasteiger partial charge in [0.2, 0.25) is 0 Å². The zero-order valence-electron chi connectivity index (χ0n) is 13.7. The molecule has 0 amide bonds. The summed E-state index contributed by atoms with van der Waals surface area (Å²) in [5, 5.41) is 10.8. The van der Waals surface area contributed by atoms with E-state index in [1.54, 1.807) is 56.1 Å². The first-order chi connectivity index (χ1) is 12.7. The molecular formula is C17H13FN8. The Bertz CT molecular complexity index is 1050. The molecule has 0 saturated heterocycles. The number of aryl methyl sites for hydroxylation is 1. The van der Waals surface area contributed by atoms with Crippen LogP contribution in [0.1, 0.15) is 0 Å². The van der Waals surface area contributed by atoms with E-state index in [2.05, 4.69) is 35.6 Å². The quantitative estimate of drug-likeness (QED) is 0.606. The lowest BCUT2D eigenvalue weighted by Crippen LogP contribution is -1.99. The van der Waals surface area contributed by atoms with Gasteiger partial charge in [-0.3, -0.25) is 14.6 Å². The van der Waals surface area contributed by atoms with E-state index in [1.807, 2.05) is 0 Å². The van der Waals surface area contributed by atoms with Crippen molar-refractivity contribution < 1.29 is 4.39 Å². The van der Waals surface area contributed by atoms with Gasteiger partial charge in [-0.25, -0.2) is 14.4 Å². The van der Waals surface area contributed by atoms with E-state index in [4.69, 9.17) is 0 Å². The van der Waals surface area contributed by atoms with E-state index in [9.17, 15) is 4.39 Å². The lowest BCUT2D eigenvalue weighted by atomic mass is 10.1. The number of hydrogen-bond donors (Lipinski definition) is 1. The van der Waals surface area contributed by atoms with Crippen molar-refractivity contribution in [3.05, 3.63) is 61.2 Å². The van der Waals surface area contributed by atoms with Gasteiger partial charge in [0.15, 0.2) is 5.82 Å². The third-order valence-corrected chi connectivity index (χ3v) is 3.63. The fourth-order valence-electron chi connectivity index (χ4n) is 2.43. The number of benzene rings is 1. The maximum Gasteiger partial charge on any atom is 0.156 e. The number of rotatable bonds is 4. The molecular weight excluding hydrogens is 335 g/mol. The van der Waals surface area contributed by atoms with Gasteiger partial charge in [-0.05, 0) is 12.1 Å². The molecule has 26 heavy (non-hydrogen) atoms. The summed E-state index contributed by atoms with van der Waals surface area (Å²) in [5.41, 5.74) is 2.27. The zero-order chi connectivity index (χ0) is 17.9. The number of aromatic nitrogens is 7. The molecule has 0 spiro atoms. The first kappa shape index (κ1) is 15.8. The fraction of sp³-hybridized carbons (Fsp3) is 0.0588.